The molecule has 0 radical (unpaired) electrons. The highest BCUT2D eigenvalue weighted by Gasteiger charge is 2.72. The summed E-state index contributed by atoms with van der Waals surface area (Å²) in [6, 6.07) is 16.6. The van der Waals surface area contributed by atoms with Crippen LogP contribution in [-0.4, -0.2) is 36.4 Å². The van der Waals surface area contributed by atoms with Gasteiger partial charge in [0.05, 0.1) is 7.11 Å². The summed E-state index contributed by atoms with van der Waals surface area (Å²) >= 11 is 0. The van der Waals surface area contributed by atoms with Gasteiger partial charge in [0.15, 0.2) is 11.9 Å². The first-order chi connectivity index (χ1) is 11.1. The highest BCUT2D eigenvalue weighted by atomic mass is 16.7. The largest absolute Gasteiger partial charge is 0.466 e. The van der Waals surface area contributed by atoms with Crippen LogP contribution in [-0.2, 0) is 14.3 Å². The van der Waals surface area contributed by atoms with Crippen molar-refractivity contribution in [3.63, 3.8) is 0 Å². The van der Waals surface area contributed by atoms with Crippen molar-refractivity contribution in [1.29, 1.82) is 0 Å². The molecule has 5 heteroatoms. The predicted octanol–water partition coefficient (Wildman–Crippen LogP) is 2.06. The van der Waals surface area contributed by atoms with Crippen molar-refractivity contribution in [2.75, 3.05) is 7.11 Å². The number of epoxide rings is 1. The van der Waals surface area contributed by atoms with Gasteiger partial charge in [-0.3, -0.25) is 9.59 Å². The molecule has 1 aliphatic rings. The average molecular weight is 310 g/mol. The van der Waals surface area contributed by atoms with Crippen LogP contribution in [0.1, 0.15) is 20.7 Å². The van der Waals surface area contributed by atoms with Crippen molar-refractivity contribution < 1.29 is 23.9 Å². The Morgan fingerprint density at radius 3 is 1.96 bits per heavy atom. The van der Waals surface area contributed by atoms with Crippen molar-refractivity contribution >= 4 is 17.5 Å². The molecule has 2 aromatic rings. The van der Waals surface area contributed by atoms with Crippen LogP contribution >= 0.6 is 0 Å². The van der Waals surface area contributed by atoms with Gasteiger partial charge < -0.3 is 9.47 Å². The molecule has 116 valence electrons. The maximum absolute atomic E-state index is 12.7. The third kappa shape index (κ3) is 2.45. The van der Waals surface area contributed by atoms with E-state index in [9.17, 15) is 14.4 Å². The van der Waals surface area contributed by atoms with Crippen LogP contribution in [0.3, 0.4) is 0 Å². The fourth-order valence-corrected chi connectivity index (χ4v) is 2.52. The number of carbonyl (C=O) groups is 3. The quantitative estimate of drug-likeness (QED) is 0.366. The van der Waals surface area contributed by atoms with E-state index in [1.807, 2.05) is 0 Å². The lowest BCUT2D eigenvalue weighted by Gasteiger charge is -2.09. The monoisotopic (exact) mass is 310 g/mol. The van der Waals surface area contributed by atoms with E-state index in [0.29, 0.717) is 11.1 Å². The Morgan fingerprint density at radius 1 is 0.913 bits per heavy atom. The Bertz CT molecular complexity index is 753. The molecule has 1 fully saturated rings. The molecule has 2 atom stereocenters. The lowest BCUT2D eigenvalue weighted by atomic mass is 9.90. The zero-order valence-corrected chi connectivity index (χ0v) is 12.4. The first-order valence-corrected chi connectivity index (χ1v) is 7.06. The highest BCUT2D eigenvalue weighted by Crippen LogP contribution is 2.42. The fourth-order valence-electron chi connectivity index (χ4n) is 2.52. The Hall–Kier alpha value is -2.79. The summed E-state index contributed by atoms with van der Waals surface area (Å²) < 4.78 is 10.0. The minimum atomic E-state index is -1.89. The average Bonchev–Trinajstić information content (AvgIpc) is 3.38. The zero-order chi connectivity index (χ0) is 16.4. The Morgan fingerprint density at radius 2 is 1.43 bits per heavy atom. The van der Waals surface area contributed by atoms with Gasteiger partial charge >= 0.3 is 5.97 Å². The van der Waals surface area contributed by atoms with Gasteiger partial charge in [0, 0.05) is 11.1 Å². The molecule has 1 saturated heterocycles. The van der Waals surface area contributed by atoms with Gasteiger partial charge in [-0.2, -0.15) is 0 Å². The van der Waals surface area contributed by atoms with E-state index in [-0.39, 0.29) is 0 Å². The first-order valence-electron chi connectivity index (χ1n) is 7.06. The Balaban J connectivity index is 1.94. The third-order valence-electron chi connectivity index (χ3n) is 3.77. The van der Waals surface area contributed by atoms with Crippen molar-refractivity contribution in [1.82, 2.24) is 0 Å². The highest BCUT2D eigenvalue weighted by molar-refractivity contribution is 6.24. The van der Waals surface area contributed by atoms with Gasteiger partial charge in [-0.25, -0.2) is 4.79 Å². The van der Waals surface area contributed by atoms with Crippen LogP contribution in [0.2, 0.25) is 0 Å². The lowest BCUT2D eigenvalue weighted by Crippen LogP contribution is -2.39. The summed E-state index contributed by atoms with van der Waals surface area (Å²) in [7, 11) is 1.16. The standard InChI is InChI=1S/C18H14O5/c1-22-17(21)18(15(20)13-10-6-3-7-11-13)16(23-18)14(19)12-8-4-2-5-9-12/h2-11,16H,1H3/t16-,18-/m0/s1. The lowest BCUT2D eigenvalue weighted by molar-refractivity contribution is -0.144. The minimum Gasteiger partial charge on any atom is -0.466 e. The number of esters is 1. The van der Waals surface area contributed by atoms with Crippen molar-refractivity contribution in [2.45, 2.75) is 11.7 Å². The molecule has 2 aromatic carbocycles. The molecular weight excluding hydrogens is 296 g/mol. The van der Waals surface area contributed by atoms with Gasteiger partial charge in [-0.15, -0.1) is 0 Å². The molecule has 1 heterocycles. The first kappa shape index (κ1) is 15.1. The number of benzene rings is 2. The van der Waals surface area contributed by atoms with Gasteiger partial charge in [0.1, 0.15) is 0 Å². The molecule has 3 rings (SSSR count). The smallest absolute Gasteiger partial charge is 0.349 e. The molecule has 0 amide bonds. The van der Waals surface area contributed by atoms with Crippen molar-refractivity contribution in [3.05, 3.63) is 71.8 Å². The second-order valence-corrected chi connectivity index (χ2v) is 5.15. The number of ether oxygens (including phenoxy) is 2. The number of rotatable bonds is 5. The number of hydrogen-bond acceptors (Lipinski definition) is 5. The summed E-state index contributed by atoms with van der Waals surface area (Å²) in [4.78, 5) is 37.3. The molecule has 0 bridgehead atoms. The minimum absolute atomic E-state index is 0.293. The molecule has 0 spiro atoms. The van der Waals surface area contributed by atoms with Crippen LogP contribution in [0.25, 0.3) is 0 Å². The number of ketones is 2. The van der Waals surface area contributed by atoms with Gasteiger partial charge in [-0.1, -0.05) is 60.7 Å². The topological polar surface area (TPSA) is 73.0 Å². The maximum Gasteiger partial charge on any atom is 0.349 e. The summed E-state index contributed by atoms with van der Waals surface area (Å²) in [6.45, 7) is 0. The second kappa shape index (κ2) is 5.78. The Kier molecular flexibility index (Phi) is 3.80. The molecule has 0 N–H and O–H groups in total. The summed E-state index contributed by atoms with van der Waals surface area (Å²) in [6.07, 6.45) is -1.16. The van der Waals surface area contributed by atoms with E-state index in [1.165, 1.54) is 0 Å². The van der Waals surface area contributed by atoms with Crippen LogP contribution in [0.5, 0.6) is 0 Å². The fraction of sp³-hybridized carbons (Fsp3) is 0.167. The van der Waals surface area contributed by atoms with Crippen molar-refractivity contribution in [3.8, 4) is 0 Å². The van der Waals surface area contributed by atoms with Crippen molar-refractivity contribution in [2.24, 2.45) is 0 Å². The molecular formula is C18H14O5. The van der Waals surface area contributed by atoms with E-state index in [0.717, 1.165) is 7.11 Å². The second-order valence-electron chi connectivity index (χ2n) is 5.15. The third-order valence-corrected chi connectivity index (χ3v) is 3.77. The molecule has 0 aromatic heterocycles. The molecule has 0 unspecified atom stereocenters. The summed E-state index contributed by atoms with van der Waals surface area (Å²) in [5.41, 5.74) is -1.21. The Labute approximate surface area is 132 Å². The summed E-state index contributed by atoms with van der Waals surface area (Å²) in [5.74, 6) is -1.85. The van der Waals surface area contributed by atoms with Gasteiger partial charge in [0.25, 0.3) is 5.60 Å². The molecule has 0 aliphatic carbocycles. The van der Waals surface area contributed by atoms with Gasteiger partial charge in [0.2, 0.25) is 5.78 Å². The number of carbonyl (C=O) groups excluding carboxylic acids is 3. The van der Waals surface area contributed by atoms with E-state index < -0.39 is 29.2 Å². The summed E-state index contributed by atoms with van der Waals surface area (Å²) in [5, 5.41) is 0. The van der Waals surface area contributed by atoms with Crippen LogP contribution in [0.15, 0.2) is 60.7 Å². The zero-order valence-electron chi connectivity index (χ0n) is 12.4. The maximum atomic E-state index is 12.7. The number of hydrogen-bond donors (Lipinski definition) is 0. The van der Waals surface area contributed by atoms with Crippen LogP contribution in [0, 0.1) is 0 Å². The van der Waals surface area contributed by atoms with Gasteiger partial charge in [-0.05, 0) is 0 Å². The molecule has 23 heavy (non-hydrogen) atoms. The molecule has 1 aliphatic heterocycles. The predicted molar refractivity (Wildman–Crippen MR) is 81.2 cm³/mol. The number of methoxy groups -OCH3 is 1. The van der Waals surface area contributed by atoms with E-state index in [1.54, 1.807) is 60.7 Å². The van der Waals surface area contributed by atoms with Crippen LogP contribution in [0.4, 0.5) is 0 Å². The number of Topliss-reactive ketones (excluding diaryl/α,β-unsaturated/α-hetero) is 2. The van der Waals surface area contributed by atoms with E-state index in [2.05, 4.69) is 0 Å². The molecule has 0 saturated carbocycles. The SMILES string of the molecule is COC(=O)[C@@]1(C(=O)c2ccccc2)O[C@H]1C(=O)c1ccccc1. The normalized spacial score (nSPS) is 22.2. The van der Waals surface area contributed by atoms with E-state index in [4.69, 9.17) is 9.47 Å². The van der Waals surface area contributed by atoms with Crippen LogP contribution < -0.4 is 0 Å². The molecule has 5 nitrogen and oxygen atoms in total. The van der Waals surface area contributed by atoms with E-state index >= 15 is 0 Å².